The number of benzene rings is 2. The number of rotatable bonds is 2. The number of fused-ring (bicyclic) bond motifs is 1. The van der Waals surface area contributed by atoms with Gasteiger partial charge >= 0.3 is 0 Å². The van der Waals surface area contributed by atoms with Crippen LogP contribution in [0.1, 0.15) is 33.3 Å². The zero-order chi connectivity index (χ0) is 14.9. The third-order valence-corrected chi connectivity index (χ3v) is 4.24. The molecule has 0 saturated carbocycles. The van der Waals surface area contributed by atoms with Crippen LogP contribution in [0.15, 0.2) is 36.4 Å². The first-order chi connectivity index (χ1) is 9.36. The van der Waals surface area contributed by atoms with E-state index in [9.17, 15) is 5.26 Å². The number of nitrogens with zero attached hydrogens (tertiary/aromatic N) is 2. The molecule has 0 saturated heterocycles. The lowest BCUT2D eigenvalue weighted by Gasteiger charge is -2.37. The molecule has 0 heterocycles. The first-order valence-electron chi connectivity index (χ1n) is 7.01. The van der Waals surface area contributed by atoms with Gasteiger partial charge in [-0.15, -0.1) is 0 Å². The molecule has 2 rings (SSSR count). The molecule has 2 aromatic carbocycles. The molecule has 0 N–H and O–H groups in total. The van der Waals surface area contributed by atoms with E-state index in [-0.39, 0.29) is 5.41 Å². The average Bonchev–Trinajstić information content (AvgIpc) is 2.43. The third kappa shape index (κ3) is 2.49. The van der Waals surface area contributed by atoms with Gasteiger partial charge in [0.05, 0.1) is 11.6 Å². The van der Waals surface area contributed by atoms with Gasteiger partial charge in [-0.1, -0.05) is 45.0 Å². The van der Waals surface area contributed by atoms with Crippen LogP contribution in [0, 0.1) is 16.7 Å². The summed E-state index contributed by atoms with van der Waals surface area (Å²) in [6, 6.07) is 14.8. The molecule has 0 fully saturated rings. The van der Waals surface area contributed by atoms with E-state index >= 15 is 0 Å². The standard InChI is InChI=1S/C18H22N2/c1-13(18(2,3)4)20(5)17-11-10-14(12-19)15-8-6-7-9-16(15)17/h6-11,13H,1-5H3. The summed E-state index contributed by atoms with van der Waals surface area (Å²) < 4.78 is 0. The Morgan fingerprint density at radius 3 is 2.20 bits per heavy atom. The Labute approximate surface area is 121 Å². The summed E-state index contributed by atoms with van der Waals surface area (Å²) in [5.41, 5.74) is 2.12. The third-order valence-electron chi connectivity index (χ3n) is 4.24. The predicted molar refractivity (Wildman–Crippen MR) is 86.0 cm³/mol. The molecule has 2 aromatic rings. The number of nitriles is 1. The van der Waals surface area contributed by atoms with Gasteiger partial charge in [-0.3, -0.25) is 0 Å². The zero-order valence-corrected chi connectivity index (χ0v) is 12.9. The van der Waals surface area contributed by atoms with Gasteiger partial charge in [0.25, 0.3) is 0 Å². The van der Waals surface area contributed by atoms with E-state index in [1.54, 1.807) is 0 Å². The van der Waals surface area contributed by atoms with Gasteiger partial charge in [0.15, 0.2) is 0 Å². The highest BCUT2D eigenvalue weighted by molar-refractivity contribution is 5.97. The molecule has 0 aliphatic heterocycles. The van der Waals surface area contributed by atoms with Crippen LogP contribution in [-0.2, 0) is 0 Å². The molecule has 2 heteroatoms. The summed E-state index contributed by atoms with van der Waals surface area (Å²) in [7, 11) is 2.13. The van der Waals surface area contributed by atoms with Gasteiger partial charge in [0, 0.05) is 29.5 Å². The second-order valence-electron chi connectivity index (χ2n) is 6.44. The van der Waals surface area contributed by atoms with Crippen LogP contribution in [0.5, 0.6) is 0 Å². The monoisotopic (exact) mass is 266 g/mol. The Morgan fingerprint density at radius 2 is 1.65 bits per heavy atom. The Balaban J connectivity index is 2.59. The van der Waals surface area contributed by atoms with Crippen molar-refractivity contribution in [1.29, 1.82) is 5.26 Å². The number of hydrogen-bond acceptors (Lipinski definition) is 2. The molecule has 0 amide bonds. The molecule has 1 unspecified atom stereocenters. The maximum atomic E-state index is 9.24. The fourth-order valence-electron chi connectivity index (χ4n) is 2.48. The van der Waals surface area contributed by atoms with Crippen molar-refractivity contribution in [2.24, 2.45) is 5.41 Å². The highest BCUT2D eigenvalue weighted by Crippen LogP contribution is 2.33. The lowest BCUT2D eigenvalue weighted by molar-refractivity contribution is 0.330. The van der Waals surface area contributed by atoms with E-state index in [4.69, 9.17) is 0 Å². The van der Waals surface area contributed by atoms with Crippen molar-refractivity contribution in [3.63, 3.8) is 0 Å². The molecule has 0 spiro atoms. The average molecular weight is 266 g/mol. The predicted octanol–water partition coefficient (Wildman–Crippen LogP) is 4.58. The lowest BCUT2D eigenvalue weighted by atomic mass is 9.86. The van der Waals surface area contributed by atoms with Gasteiger partial charge in [0.2, 0.25) is 0 Å². The van der Waals surface area contributed by atoms with Crippen LogP contribution in [0.2, 0.25) is 0 Å². The van der Waals surface area contributed by atoms with Crippen LogP contribution in [0.25, 0.3) is 10.8 Å². The normalized spacial score (nSPS) is 13.0. The summed E-state index contributed by atoms with van der Waals surface area (Å²) in [5.74, 6) is 0. The van der Waals surface area contributed by atoms with Crippen LogP contribution >= 0.6 is 0 Å². The molecular weight excluding hydrogens is 244 g/mol. The fourth-order valence-corrected chi connectivity index (χ4v) is 2.48. The van der Waals surface area contributed by atoms with Crippen molar-refractivity contribution in [2.45, 2.75) is 33.7 Å². The van der Waals surface area contributed by atoms with Crippen LogP contribution in [0.3, 0.4) is 0 Å². The highest BCUT2D eigenvalue weighted by atomic mass is 15.1. The Kier molecular flexibility index (Phi) is 3.72. The van der Waals surface area contributed by atoms with Crippen LogP contribution < -0.4 is 4.90 Å². The van der Waals surface area contributed by atoms with Crippen molar-refractivity contribution in [1.82, 2.24) is 0 Å². The molecule has 104 valence electrons. The highest BCUT2D eigenvalue weighted by Gasteiger charge is 2.25. The molecule has 0 aliphatic carbocycles. The first kappa shape index (κ1) is 14.4. The topological polar surface area (TPSA) is 27.0 Å². The van der Waals surface area contributed by atoms with E-state index in [1.165, 1.54) is 5.69 Å². The number of hydrogen-bond donors (Lipinski definition) is 0. The molecule has 0 bridgehead atoms. The molecule has 2 nitrogen and oxygen atoms in total. The van der Waals surface area contributed by atoms with E-state index in [0.29, 0.717) is 6.04 Å². The zero-order valence-electron chi connectivity index (χ0n) is 12.9. The molecule has 0 aromatic heterocycles. The maximum absolute atomic E-state index is 9.24. The molecular formula is C18H22N2. The summed E-state index contributed by atoms with van der Waals surface area (Å²) in [5, 5.41) is 11.4. The van der Waals surface area contributed by atoms with Gasteiger partial charge < -0.3 is 4.90 Å². The minimum absolute atomic E-state index is 0.198. The van der Waals surface area contributed by atoms with E-state index < -0.39 is 0 Å². The minimum atomic E-state index is 0.198. The quantitative estimate of drug-likeness (QED) is 0.795. The van der Waals surface area contributed by atoms with E-state index in [1.807, 2.05) is 24.3 Å². The molecule has 0 aliphatic rings. The Hall–Kier alpha value is -2.01. The minimum Gasteiger partial charge on any atom is -0.371 e. The van der Waals surface area contributed by atoms with E-state index in [2.05, 4.69) is 57.8 Å². The summed E-state index contributed by atoms with van der Waals surface area (Å²) >= 11 is 0. The largest absolute Gasteiger partial charge is 0.371 e. The second kappa shape index (κ2) is 5.17. The maximum Gasteiger partial charge on any atom is 0.0998 e. The summed E-state index contributed by atoms with van der Waals surface area (Å²) in [6.07, 6.45) is 0. The van der Waals surface area contributed by atoms with Crippen LogP contribution in [0.4, 0.5) is 5.69 Å². The molecule has 0 radical (unpaired) electrons. The van der Waals surface area contributed by atoms with Gasteiger partial charge in [-0.25, -0.2) is 0 Å². The fraction of sp³-hybridized carbons (Fsp3) is 0.389. The molecule has 1 atom stereocenters. The molecule has 20 heavy (non-hydrogen) atoms. The van der Waals surface area contributed by atoms with E-state index in [0.717, 1.165) is 16.3 Å². The van der Waals surface area contributed by atoms with Gasteiger partial charge in [0.1, 0.15) is 0 Å². The van der Waals surface area contributed by atoms with Crippen molar-refractivity contribution in [2.75, 3.05) is 11.9 Å². The van der Waals surface area contributed by atoms with Gasteiger partial charge in [-0.05, 0) is 24.5 Å². The SMILES string of the molecule is CC(N(C)c1ccc(C#N)c2ccccc12)C(C)(C)C. The van der Waals surface area contributed by atoms with Crippen molar-refractivity contribution < 1.29 is 0 Å². The smallest absolute Gasteiger partial charge is 0.0998 e. The Morgan fingerprint density at radius 1 is 1.05 bits per heavy atom. The van der Waals surface area contributed by atoms with Crippen molar-refractivity contribution >= 4 is 16.5 Å². The van der Waals surface area contributed by atoms with Gasteiger partial charge in [-0.2, -0.15) is 5.26 Å². The summed E-state index contributed by atoms with van der Waals surface area (Å²) in [6.45, 7) is 8.99. The first-order valence-corrected chi connectivity index (χ1v) is 7.01. The summed E-state index contributed by atoms with van der Waals surface area (Å²) in [4.78, 5) is 2.31. The van der Waals surface area contributed by atoms with Crippen molar-refractivity contribution in [3.8, 4) is 6.07 Å². The number of anilines is 1. The second-order valence-corrected chi connectivity index (χ2v) is 6.44. The lowest BCUT2D eigenvalue weighted by Crippen LogP contribution is -2.39. The Bertz CT molecular complexity index is 659. The van der Waals surface area contributed by atoms with Crippen LogP contribution in [-0.4, -0.2) is 13.1 Å². The van der Waals surface area contributed by atoms with Crippen molar-refractivity contribution in [3.05, 3.63) is 42.0 Å².